The van der Waals surface area contributed by atoms with Crippen molar-refractivity contribution in [3.8, 4) is 11.8 Å². The number of hydrogen-bond acceptors (Lipinski definition) is 6. The summed E-state index contributed by atoms with van der Waals surface area (Å²) >= 11 is 3.45. The first-order valence-corrected chi connectivity index (χ1v) is 6.40. The molecule has 0 aliphatic rings. The maximum atomic E-state index is 9.11. The highest BCUT2D eigenvalue weighted by molar-refractivity contribution is 9.10. The number of anilines is 1. The average molecular weight is 335 g/mol. The molecule has 2 aromatic rings. The Hall–Kier alpha value is -2.40. The number of ether oxygens (including phenoxy) is 1. The number of benzene rings is 1. The van der Waals surface area contributed by atoms with Crippen molar-refractivity contribution in [1.82, 2.24) is 20.6 Å². The van der Waals surface area contributed by atoms with Gasteiger partial charge in [0.05, 0.1) is 12.8 Å². The highest BCUT2D eigenvalue weighted by Gasteiger charge is 2.10. The van der Waals surface area contributed by atoms with Crippen LogP contribution in [-0.2, 0) is 0 Å². The summed E-state index contributed by atoms with van der Waals surface area (Å²) in [5, 5.41) is 25.4. The number of H-pyrrole nitrogens is 1. The van der Waals surface area contributed by atoms with Crippen molar-refractivity contribution in [2.75, 3.05) is 12.4 Å². The molecule has 20 heavy (non-hydrogen) atoms. The van der Waals surface area contributed by atoms with Crippen molar-refractivity contribution in [3.63, 3.8) is 0 Å². The van der Waals surface area contributed by atoms with Gasteiger partial charge in [-0.15, -0.1) is 10.2 Å². The normalized spacial score (nSPS) is 11.0. The van der Waals surface area contributed by atoms with Crippen LogP contribution in [0.3, 0.4) is 0 Å². The van der Waals surface area contributed by atoms with Crippen molar-refractivity contribution in [2.24, 2.45) is 0 Å². The Labute approximate surface area is 123 Å². The summed E-state index contributed by atoms with van der Waals surface area (Å²) in [6.45, 7) is 1.93. The molecule has 1 heterocycles. The van der Waals surface area contributed by atoms with Gasteiger partial charge in [0, 0.05) is 10.7 Å². The maximum absolute atomic E-state index is 9.11. The molecule has 0 fully saturated rings. The van der Waals surface area contributed by atoms with Gasteiger partial charge < -0.3 is 10.1 Å². The first-order chi connectivity index (χ1) is 9.67. The lowest BCUT2D eigenvalue weighted by Gasteiger charge is -2.12. The largest absolute Gasteiger partial charge is 0.495 e. The van der Waals surface area contributed by atoms with Gasteiger partial charge >= 0.3 is 0 Å². The van der Waals surface area contributed by atoms with Gasteiger partial charge in [0.1, 0.15) is 17.4 Å². The zero-order chi connectivity index (χ0) is 14.5. The molecule has 0 unspecified atom stereocenters. The summed E-state index contributed by atoms with van der Waals surface area (Å²) in [4.78, 5) is 0. The molecular weight excluding hydrogens is 324 g/mol. The Kier molecular flexibility index (Phi) is 4.32. The lowest BCUT2D eigenvalue weighted by molar-refractivity contribution is 0.416. The molecule has 1 aromatic heterocycles. The van der Waals surface area contributed by atoms with Crippen LogP contribution >= 0.6 is 15.9 Å². The second kappa shape index (κ2) is 6.16. The zero-order valence-corrected chi connectivity index (χ0v) is 12.4. The molecule has 8 heteroatoms. The molecule has 2 N–H and O–H groups in total. The van der Waals surface area contributed by atoms with Crippen LogP contribution in [0.15, 0.2) is 22.8 Å². The SMILES string of the molecule is COc1ccc(Br)c(C)c1NC=C(C#N)c1nn[nH]n1. The van der Waals surface area contributed by atoms with E-state index in [1.807, 2.05) is 25.1 Å². The van der Waals surface area contributed by atoms with Crippen molar-refractivity contribution in [1.29, 1.82) is 5.26 Å². The number of aromatic amines is 1. The number of halogens is 1. The Balaban J connectivity index is 2.35. The molecule has 0 saturated heterocycles. The minimum Gasteiger partial charge on any atom is -0.495 e. The van der Waals surface area contributed by atoms with Crippen LogP contribution in [0.4, 0.5) is 5.69 Å². The standard InChI is InChI=1S/C12H11BrN6O/c1-7-9(13)3-4-10(20-2)11(7)15-6-8(5-14)12-16-18-19-17-12/h3-4,6,15H,1-2H3,(H,16,17,18,19). The van der Waals surface area contributed by atoms with E-state index in [0.717, 1.165) is 15.7 Å². The summed E-state index contributed by atoms with van der Waals surface area (Å²) in [5.74, 6) is 0.902. The van der Waals surface area contributed by atoms with E-state index in [-0.39, 0.29) is 11.4 Å². The van der Waals surface area contributed by atoms with E-state index >= 15 is 0 Å². The number of nitriles is 1. The molecule has 1 aromatic carbocycles. The number of methoxy groups -OCH3 is 1. The van der Waals surface area contributed by atoms with Gasteiger partial charge in [-0.3, -0.25) is 0 Å². The lowest BCUT2D eigenvalue weighted by Crippen LogP contribution is -1.98. The quantitative estimate of drug-likeness (QED) is 0.832. The van der Waals surface area contributed by atoms with E-state index < -0.39 is 0 Å². The molecule has 0 radical (unpaired) electrons. The van der Waals surface area contributed by atoms with Gasteiger partial charge in [0.25, 0.3) is 0 Å². The Morgan fingerprint density at radius 1 is 1.55 bits per heavy atom. The topological polar surface area (TPSA) is 99.5 Å². The van der Waals surface area contributed by atoms with Crippen LogP contribution in [0.1, 0.15) is 11.4 Å². The second-order valence-electron chi connectivity index (χ2n) is 3.80. The van der Waals surface area contributed by atoms with E-state index in [1.165, 1.54) is 6.20 Å². The average Bonchev–Trinajstić information content (AvgIpc) is 2.98. The van der Waals surface area contributed by atoms with Crippen LogP contribution in [-0.4, -0.2) is 27.7 Å². The van der Waals surface area contributed by atoms with Crippen molar-refractivity contribution in [2.45, 2.75) is 6.92 Å². The van der Waals surface area contributed by atoms with E-state index in [4.69, 9.17) is 10.00 Å². The monoisotopic (exact) mass is 334 g/mol. The van der Waals surface area contributed by atoms with Crippen LogP contribution in [0.25, 0.3) is 5.57 Å². The minimum absolute atomic E-state index is 0.228. The van der Waals surface area contributed by atoms with E-state index in [0.29, 0.717) is 5.75 Å². The number of aromatic nitrogens is 4. The smallest absolute Gasteiger partial charge is 0.216 e. The molecule has 0 saturated carbocycles. The van der Waals surface area contributed by atoms with E-state index in [2.05, 4.69) is 41.9 Å². The highest BCUT2D eigenvalue weighted by atomic mass is 79.9. The number of hydrogen-bond donors (Lipinski definition) is 2. The lowest BCUT2D eigenvalue weighted by atomic mass is 10.2. The van der Waals surface area contributed by atoms with Gasteiger partial charge in [0.15, 0.2) is 0 Å². The third-order valence-electron chi connectivity index (χ3n) is 2.65. The second-order valence-corrected chi connectivity index (χ2v) is 4.65. The first-order valence-electron chi connectivity index (χ1n) is 5.61. The molecule has 0 spiro atoms. The predicted molar refractivity (Wildman–Crippen MR) is 76.8 cm³/mol. The highest BCUT2D eigenvalue weighted by Crippen LogP contribution is 2.33. The zero-order valence-electron chi connectivity index (χ0n) is 10.8. The third-order valence-corrected chi connectivity index (χ3v) is 3.51. The summed E-state index contributed by atoms with van der Waals surface area (Å²) in [6.07, 6.45) is 1.52. The molecule has 2 rings (SSSR count). The van der Waals surface area contributed by atoms with Crippen LogP contribution in [0.5, 0.6) is 5.75 Å². The van der Waals surface area contributed by atoms with Gasteiger partial charge in [-0.05, 0) is 29.8 Å². The minimum atomic E-state index is 0.228. The number of allylic oxidation sites excluding steroid dienone is 1. The molecule has 102 valence electrons. The van der Waals surface area contributed by atoms with Crippen LogP contribution in [0, 0.1) is 18.3 Å². The number of nitrogens with one attached hydrogen (secondary N) is 2. The third kappa shape index (κ3) is 2.78. The first kappa shape index (κ1) is 14.0. The van der Waals surface area contributed by atoms with Crippen molar-refractivity contribution in [3.05, 3.63) is 34.2 Å². The van der Waals surface area contributed by atoms with Crippen LogP contribution in [0.2, 0.25) is 0 Å². The van der Waals surface area contributed by atoms with Gasteiger partial charge in [0.2, 0.25) is 5.82 Å². The van der Waals surface area contributed by atoms with Gasteiger partial charge in [-0.25, -0.2) is 0 Å². The molecule has 0 atom stereocenters. The Morgan fingerprint density at radius 3 is 2.95 bits per heavy atom. The van der Waals surface area contributed by atoms with E-state index in [9.17, 15) is 0 Å². The molecule has 0 bridgehead atoms. The molecule has 0 aliphatic carbocycles. The fourth-order valence-electron chi connectivity index (χ4n) is 1.58. The van der Waals surface area contributed by atoms with Crippen molar-refractivity contribution < 1.29 is 4.74 Å². The van der Waals surface area contributed by atoms with Gasteiger partial charge in [-0.2, -0.15) is 10.5 Å². The number of nitrogens with zero attached hydrogens (tertiary/aromatic N) is 4. The van der Waals surface area contributed by atoms with Gasteiger partial charge in [-0.1, -0.05) is 15.9 Å². The summed E-state index contributed by atoms with van der Waals surface area (Å²) in [7, 11) is 1.59. The maximum Gasteiger partial charge on any atom is 0.216 e. The van der Waals surface area contributed by atoms with Crippen LogP contribution < -0.4 is 10.1 Å². The molecule has 0 amide bonds. The molecular formula is C12H11BrN6O. The fraction of sp³-hybridized carbons (Fsp3) is 0.167. The predicted octanol–water partition coefficient (Wildman–Crippen LogP) is 2.26. The fourth-order valence-corrected chi connectivity index (χ4v) is 1.91. The Bertz CT molecular complexity index is 674. The van der Waals surface area contributed by atoms with E-state index in [1.54, 1.807) is 7.11 Å². The van der Waals surface area contributed by atoms with Crippen molar-refractivity contribution >= 4 is 27.2 Å². The molecule has 7 nitrogen and oxygen atoms in total. The summed E-state index contributed by atoms with van der Waals surface area (Å²) < 4.78 is 6.23. The Morgan fingerprint density at radius 2 is 2.35 bits per heavy atom. The molecule has 0 aliphatic heterocycles. The number of tetrazole rings is 1. The summed E-state index contributed by atoms with van der Waals surface area (Å²) in [6, 6.07) is 5.73. The number of rotatable bonds is 4. The summed E-state index contributed by atoms with van der Waals surface area (Å²) in [5.41, 5.74) is 1.99.